The monoisotopic (exact) mass is 249 g/mol. The summed E-state index contributed by atoms with van der Waals surface area (Å²) < 4.78 is 14.1. The zero-order valence-corrected chi connectivity index (χ0v) is 10.9. The van der Waals surface area contributed by atoms with Gasteiger partial charge in [-0.2, -0.15) is 0 Å². The molecule has 17 heavy (non-hydrogen) atoms. The van der Waals surface area contributed by atoms with E-state index in [2.05, 4.69) is 5.32 Å². The quantitative estimate of drug-likeness (QED) is 0.866. The molecular weight excluding hydrogens is 233 g/mol. The maximum atomic E-state index is 14.1. The molecule has 2 aromatic rings. The number of hydrogen-bond donors (Lipinski definition) is 1. The van der Waals surface area contributed by atoms with E-state index in [4.69, 9.17) is 0 Å². The topological polar surface area (TPSA) is 12.0 Å². The molecule has 0 fully saturated rings. The largest absolute Gasteiger partial charge is 0.306 e. The van der Waals surface area contributed by atoms with Gasteiger partial charge in [0.25, 0.3) is 0 Å². The molecule has 1 N–H and O–H groups in total. The number of nitrogens with one attached hydrogen (secondary N) is 1. The average Bonchev–Trinajstić information content (AvgIpc) is 2.84. The van der Waals surface area contributed by atoms with E-state index in [1.54, 1.807) is 24.3 Å². The van der Waals surface area contributed by atoms with Crippen LogP contribution >= 0.6 is 11.3 Å². The molecular formula is C14H16FNS. The van der Waals surface area contributed by atoms with Gasteiger partial charge in [0.2, 0.25) is 0 Å². The first kappa shape index (κ1) is 12.3. The normalized spacial score (nSPS) is 12.6. The Morgan fingerprint density at radius 2 is 2.12 bits per heavy atom. The molecule has 1 unspecified atom stereocenters. The minimum Gasteiger partial charge on any atom is -0.306 e. The molecule has 0 radical (unpaired) electrons. The van der Waals surface area contributed by atoms with Gasteiger partial charge in [0, 0.05) is 10.4 Å². The predicted molar refractivity (Wildman–Crippen MR) is 71.0 cm³/mol. The summed E-state index contributed by atoms with van der Waals surface area (Å²) in [6.45, 7) is 4.65. The van der Waals surface area contributed by atoms with E-state index in [9.17, 15) is 4.39 Å². The summed E-state index contributed by atoms with van der Waals surface area (Å²) in [5, 5.41) is 5.36. The third kappa shape index (κ3) is 2.56. The van der Waals surface area contributed by atoms with Gasteiger partial charge in [-0.15, -0.1) is 11.3 Å². The van der Waals surface area contributed by atoms with Crippen molar-refractivity contribution in [2.45, 2.75) is 19.9 Å². The summed E-state index contributed by atoms with van der Waals surface area (Å²) in [6.07, 6.45) is 0. The van der Waals surface area contributed by atoms with Gasteiger partial charge in [-0.3, -0.25) is 0 Å². The number of hydrogen-bond acceptors (Lipinski definition) is 2. The molecule has 0 saturated heterocycles. The van der Waals surface area contributed by atoms with E-state index in [1.165, 1.54) is 0 Å². The molecule has 0 aliphatic rings. The minimum atomic E-state index is -0.105. The Labute approximate surface area is 105 Å². The molecule has 1 aromatic heterocycles. The summed E-state index contributed by atoms with van der Waals surface area (Å²) >= 11 is 1.65. The van der Waals surface area contributed by atoms with Gasteiger partial charge in [0.05, 0.1) is 6.04 Å². The Kier molecular flexibility index (Phi) is 3.92. The van der Waals surface area contributed by atoms with Crippen LogP contribution in [0, 0.1) is 12.7 Å². The average molecular weight is 249 g/mol. The highest BCUT2D eigenvalue weighted by molar-refractivity contribution is 7.10. The Bertz CT molecular complexity index is 479. The first-order chi connectivity index (χ1) is 8.24. The fraction of sp³-hybridized carbons (Fsp3) is 0.286. The SMILES string of the molecule is CCNC(c1cccs1)c1cccc(C)c1F. The number of benzene rings is 1. The van der Waals surface area contributed by atoms with Crippen molar-refractivity contribution in [3.05, 3.63) is 57.5 Å². The Morgan fingerprint density at radius 1 is 1.29 bits per heavy atom. The lowest BCUT2D eigenvalue weighted by Crippen LogP contribution is -2.22. The van der Waals surface area contributed by atoms with Crippen molar-refractivity contribution in [3.63, 3.8) is 0 Å². The van der Waals surface area contributed by atoms with Gasteiger partial charge >= 0.3 is 0 Å². The summed E-state index contributed by atoms with van der Waals surface area (Å²) in [5.41, 5.74) is 1.43. The fourth-order valence-corrected chi connectivity index (χ4v) is 2.73. The van der Waals surface area contributed by atoms with Crippen LogP contribution in [0.15, 0.2) is 35.7 Å². The minimum absolute atomic E-state index is 0.0418. The highest BCUT2D eigenvalue weighted by atomic mass is 32.1. The predicted octanol–water partition coefficient (Wildman–Crippen LogP) is 3.89. The maximum absolute atomic E-state index is 14.1. The molecule has 2 rings (SSSR count). The maximum Gasteiger partial charge on any atom is 0.131 e. The van der Waals surface area contributed by atoms with Gasteiger partial charge in [0.1, 0.15) is 5.82 Å². The standard InChI is InChI=1S/C14H16FNS/c1-3-16-14(12-8-5-9-17-12)11-7-4-6-10(2)13(11)15/h4-9,14,16H,3H2,1-2H3. The van der Waals surface area contributed by atoms with E-state index < -0.39 is 0 Å². The number of aryl methyl sites for hydroxylation is 1. The van der Waals surface area contributed by atoms with Crippen LogP contribution in [-0.4, -0.2) is 6.54 Å². The first-order valence-electron chi connectivity index (χ1n) is 5.75. The Hall–Kier alpha value is -1.19. The van der Waals surface area contributed by atoms with E-state index in [0.717, 1.165) is 17.0 Å². The Morgan fingerprint density at radius 3 is 2.76 bits per heavy atom. The van der Waals surface area contributed by atoms with Crippen LogP contribution in [0.4, 0.5) is 4.39 Å². The zero-order valence-electron chi connectivity index (χ0n) is 10.0. The second kappa shape index (κ2) is 5.43. The van der Waals surface area contributed by atoms with Crippen LogP contribution < -0.4 is 5.32 Å². The molecule has 3 heteroatoms. The summed E-state index contributed by atoms with van der Waals surface area (Å²) in [7, 11) is 0. The van der Waals surface area contributed by atoms with Gasteiger partial charge in [-0.1, -0.05) is 31.2 Å². The molecule has 0 bridgehead atoms. The lowest BCUT2D eigenvalue weighted by atomic mass is 10.0. The molecule has 0 aliphatic carbocycles. The van der Waals surface area contributed by atoms with Gasteiger partial charge < -0.3 is 5.32 Å². The molecule has 0 saturated carbocycles. The van der Waals surface area contributed by atoms with Crippen molar-refractivity contribution in [3.8, 4) is 0 Å². The first-order valence-corrected chi connectivity index (χ1v) is 6.63. The third-order valence-electron chi connectivity index (χ3n) is 2.77. The van der Waals surface area contributed by atoms with Crippen molar-refractivity contribution < 1.29 is 4.39 Å². The highest BCUT2D eigenvalue weighted by Gasteiger charge is 2.18. The summed E-state index contributed by atoms with van der Waals surface area (Å²) in [5.74, 6) is -0.105. The number of rotatable bonds is 4. The Balaban J connectivity index is 2.43. The van der Waals surface area contributed by atoms with E-state index >= 15 is 0 Å². The molecule has 1 nitrogen and oxygen atoms in total. The molecule has 0 aliphatic heterocycles. The summed E-state index contributed by atoms with van der Waals surface area (Å²) in [4.78, 5) is 1.15. The molecule has 90 valence electrons. The zero-order chi connectivity index (χ0) is 12.3. The molecule has 1 aromatic carbocycles. The molecule has 0 spiro atoms. The lowest BCUT2D eigenvalue weighted by molar-refractivity contribution is 0.557. The van der Waals surface area contributed by atoms with Gasteiger partial charge in [-0.05, 0) is 30.5 Å². The van der Waals surface area contributed by atoms with Crippen molar-refractivity contribution in [1.82, 2.24) is 5.32 Å². The number of halogens is 1. The van der Waals surface area contributed by atoms with Gasteiger partial charge in [0.15, 0.2) is 0 Å². The molecule has 1 atom stereocenters. The van der Waals surface area contributed by atoms with E-state index in [-0.39, 0.29) is 11.9 Å². The lowest BCUT2D eigenvalue weighted by Gasteiger charge is -2.18. The highest BCUT2D eigenvalue weighted by Crippen LogP contribution is 2.28. The van der Waals surface area contributed by atoms with Crippen LogP contribution in [-0.2, 0) is 0 Å². The number of thiophene rings is 1. The van der Waals surface area contributed by atoms with Crippen LogP contribution in [0.2, 0.25) is 0 Å². The van der Waals surface area contributed by atoms with Crippen LogP contribution in [0.25, 0.3) is 0 Å². The van der Waals surface area contributed by atoms with Crippen molar-refractivity contribution in [2.75, 3.05) is 6.54 Å². The smallest absolute Gasteiger partial charge is 0.131 e. The molecule has 0 amide bonds. The van der Waals surface area contributed by atoms with E-state index in [1.807, 2.05) is 36.6 Å². The van der Waals surface area contributed by atoms with Crippen LogP contribution in [0.3, 0.4) is 0 Å². The van der Waals surface area contributed by atoms with Crippen LogP contribution in [0.5, 0.6) is 0 Å². The van der Waals surface area contributed by atoms with Gasteiger partial charge in [-0.25, -0.2) is 4.39 Å². The van der Waals surface area contributed by atoms with Crippen molar-refractivity contribution >= 4 is 11.3 Å². The third-order valence-corrected chi connectivity index (χ3v) is 3.71. The summed E-state index contributed by atoms with van der Waals surface area (Å²) in [6, 6.07) is 9.56. The second-order valence-electron chi connectivity index (χ2n) is 3.98. The molecule has 1 heterocycles. The fourth-order valence-electron chi connectivity index (χ4n) is 1.92. The van der Waals surface area contributed by atoms with Crippen molar-refractivity contribution in [2.24, 2.45) is 0 Å². The van der Waals surface area contributed by atoms with E-state index in [0.29, 0.717) is 5.56 Å². The van der Waals surface area contributed by atoms with Crippen molar-refractivity contribution in [1.29, 1.82) is 0 Å². The second-order valence-corrected chi connectivity index (χ2v) is 4.96. The van der Waals surface area contributed by atoms with Crippen LogP contribution in [0.1, 0.15) is 29.0 Å².